The SMILES string of the molecule is Cc1cccc(NC(=O)[C@@H](C)Sc2nnc(-c3cccnc3)n2Cc2ccccc2)c1. The van der Waals surface area contributed by atoms with Crippen LogP contribution in [0.25, 0.3) is 11.4 Å². The molecule has 7 heteroatoms. The summed E-state index contributed by atoms with van der Waals surface area (Å²) in [4.78, 5) is 17.0. The normalized spacial score (nSPS) is 11.8. The summed E-state index contributed by atoms with van der Waals surface area (Å²) in [5, 5.41) is 12.1. The standard InChI is InChI=1S/C24H23N5OS/c1-17-8-6-12-21(14-17)26-23(30)18(2)31-24-28-27-22(20-11-7-13-25-15-20)29(24)16-19-9-4-3-5-10-19/h3-15,18H,16H2,1-2H3,(H,26,30)/t18-/m1/s1. The number of aromatic nitrogens is 4. The third-order valence-electron chi connectivity index (χ3n) is 4.76. The summed E-state index contributed by atoms with van der Waals surface area (Å²) in [5.41, 5.74) is 3.90. The van der Waals surface area contributed by atoms with Crippen molar-refractivity contribution in [1.29, 1.82) is 0 Å². The number of amides is 1. The van der Waals surface area contributed by atoms with E-state index in [0.29, 0.717) is 11.7 Å². The van der Waals surface area contributed by atoms with E-state index in [-0.39, 0.29) is 11.2 Å². The number of nitrogens with one attached hydrogen (secondary N) is 1. The summed E-state index contributed by atoms with van der Waals surface area (Å²) in [6.07, 6.45) is 3.50. The largest absolute Gasteiger partial charge is 0.325 e. The molecule has 4 rings (SSSR count). The van der Waals surface area contributed by atoms with Gasteiger partial charge in [-0.25, -0.2) is 0 Å². The number of hydrogen-bond donors (Lipinski definition) is 1. The molecule has 156 valence electrons. The van der Waals surface area contributed by atoms with Crippen LogP contribution in [-0.4, -0.2) is 30.9 Å². The highest BCUT2D eigenvalue weighted by Crippen LogP contribution is 2.28. The predicted molar refractivity (Wildman–Crippen MR) is 124 cm³/mol. The van der Waals surface area contributed by atoms with Gasteiger partial charge >= 0.3 is 0 Å². The Morgan fingerprint density at radius 1 is 1.06 bits per heavy atom. The van der Waals surface area contributed by atoms with Gasteiger partial charge in [-0.2, -0.15) is 0 Å². The molecule has 0 aliphatic heterocycles. The second-order valence-corrected chi connectivity index (χ2v) is 8.55. The van der Waals surface area contributed by atoms with Crippen molar-refractivity contribution in [3.8, 4) is 11.4 Å². The maximum Gasteiger partial charge on any atom is 0.237 e. The fourth-order valence-corrected chi connectivity index (χ4v) is 4.02. The van der Waals surface area contributed by atoms with Gasteiger partial charge in [-0.05, 0) is 49.2 Å². The van der Waals surface area contributed by atoms with E-state index in [4.69, 9.17) is 0 Å². The Hall–Kier alpha value is -3.45. The number of benzene rings is 2. The molecule has 2 heterocycles. The monoisotopic (exact) mass is 429 g/mol. The van der Waals surface area contributed by atoms with Crippen LogP contribution in [0.15, 0.2) is 84.3 Å². The molecule has 1 atom stereocenters. The van der Waals surface area contributed by atoms with E-state index >= 15 is 0 Å². The van der Waals surface area contributed by atoms with E-state index in [9.17, 15) is 4.79 Å². The molecule has 6 nitrogen and oxygen atoms in total. The highest BCUT2D eigenvalue weighted by Gasteiger charge is 2.21. The minimum atomic E-state index is -0.346. The first kappa shape index (κ1) is 20.8. The Labute approximate surface area is 185 Å². The van der Waals surface area contributed by atoms with Crippen LogP contribution in [0.3, 0.4) is 0 Å². The smallest absolute Gasteiger partial charge is 0.237 e. The number of rotatable bonds is 7. The first-order valence-corrected chi connectivity index (χ1v) is 10.9. The number of anilines is 1. The Morgan fingerprint density at radius 3 is 2.65 bits per heavy atom. The van der Waals surface area contributed by atoms with Gasteiger partial charge in [0.15, 0.2) is 11.0 Å². The Morgan fingerprint density at radius 2 is 1.90 bits per heavy atom. The van der Waals surface area contributed by atoms with E-state index in [0.717, 1.165) is 28.2 Å². The van der Waals surface area contributed by atoms with Gasteiger partial charge in [-0.15, -0.1) is 10.2 Å². The first-order valence-electron chi connectivity index (χ1n) is 10.0. The summed E-state index contributed by atoms with van der Waals surface area (Å²) in [6, 6.07) is 21.7. The lowest BCUT2D eigenvalue weighted by Gasteiger charge is -2.14. The number of carbonyl (C=O) groups is 1. The minimum absolute atomic E-state index is 0.0761. The fraction of sp³-hybridized carbons (Fsp3) is 0.167. The zero-order valence-electron chi connectivity index (χ0n) is 17.4. The van der Waals surface area contributed by atoms with Gasteiger partial charge in [0.05, 0.1) is 11.8 Å². The van der Waals surface area contributed by atoms with E-state index in [1.54, 1.807) is 12.4 Å². The molecule has 31 heavy (non-hydrogen) atoms. The van der Waals surface area contributed by atoms with Gasteiger partial charge in [0.2, 0.25) is 5.91 Å². The molecule has 2 aromatic heterocycles. The van der Waals surface area contributed by atoms with Crippen LogP contribution in [0.1, 0.15) is 18.1 Å². The van der Waals surface area contributed by atoms with Crippen molar-refractivity contribution < 1.29 is 4.79 Å². The first-order chi connectivity index (χ1) is 15.1. The summed E-state index contributed by atoms with van der Waals surface area (Å²) in [6.45, 7) is 4.48. The number of thioether (sulfide) groups is 1. The number of hydrogen-bond acceptors (Lipinski definition) is 5. The minimum Gasteiger partial charge on any atom is -0.325 e. The molecule has 0 saturated heterocycles. The van der Waals surface area contributed by atoms with Crippen LogP contribution in [0.2, 0.25) is 0 Å². The van der Waals surface area contributed by atoms with Crippen LogP contribution in [-0.2, 0) is 11.3 Å². The number of pyridine rings is 1. The lowest BCUT2D eigenvalue weighted by Crippen LogP contribution is -2.23. The molecule has 2 aromatic carbocycles. The van der Waals surface area contributed by atoms with E-state index in [1.807, 2.05) is 73.0 Å². The van der Waals surface area contributed by atoms with Crippen LogP contribution >= 0.6 is 11.8 Å². The molecule has 0 unspecified atom stereocenters. The lowest BCUT2D eigenvalue weighted by molar-refractivity contribution is -0.115. The quantitative estimate of drug-likeness (QED) is 0.427. The lowest BCUT2D eigenvalue weighted by atomic mass is 10.2. The van der Waals surface area contributed by atoms with Crippen LogP contribution in [0.5, 0.6) is 0 Å². The maximum absolute atomic E-state index is 12.8. The summed E-state index contributed by atoms with van der Waals surface area (Å²) in [5.74, 6) is 0.651. The van der Waals surface area contributed by atoms with Crippen molar-refractivity contribution in [3.63, 3.8) is 0 Å². The number of carbonyl (C=O) groups excluding carboxylic acids is 1. The Kier molecular flexibility index (Phi) is 6.43. The molecule has 0 aliphatic carbocycles. The fourth-order valence-electron chi connectivity index (χ4n) is 3.17. The van der Waals surface area contributed by atoms with Gasteiger partial charge in [-0.3, -0.25) is 14.3 Å². The average molecular weight is 430 g/mol. The van der Waals surface area contributed by atoms with Crippen LogP contribution in [0.4, 0.5) is 5.69 Å². The van der Waals surface area contributed by atoms with E-state index < -0.39 is 0 Å². The van der Waals surface area contributed by atoms with E-state index in [2.05, 4.69) is 32.6 Å². The number of aryl methyl sites for hydroxylation is 1. The van der Waals surface area contributed by atoms with E-state index in [1.165, 1.54) is 11.8 Å². The van der Waals surface area contributed by atoms with Gasteiger partial charge in [0.25, 0.3) is 0 Å². The number of nitrogens with zero attached hydrogens (tertiary/aromatic N) is 4. The second kappa shape index (κ2) is 9.57. The zero-order chi connectivity index (χ0) is 21.6. The summed E-state index contributed by atoms with van der Waals surface area (Å²) in [7, 11) is 0. The van der Waals surface area contributed by atoms with Gasteiger partial charge in [0, 0.05) is 23.6 Å². The van der Waals surface area contributed by atoms with Crippen molar-refractivity contribution in [2.45, 2.75) is 30.8 Å². The molecule has 1 amide bonds. The zero-order valence-corrected chi connectivity index (χ0v) is 18.2. The maximum atomic E-state index is 12.8. The summed E-state index contributed by atoms with van der Waals surface area (Å²) >= 11 is 1.39. The average Bonchev–Trinajstić information content (AvgIpc) is 3.17. The molecule has 1 N–H and O–H groups in total. The van der Waals surface area contributed by atoms with Gasteiger partial charge in [-0.1, -0.05) is 54.2 Å². The second-order valence-electron chi connectivity index (χ2n) is 7.24. The molecule has 0 aliphatic rings. The third-order valence-corrected chi connectivity index (χ3v) is 5.84. The summed E-state index contributed by atoms with van der Waals surface area (Å²) < 4.78 is 2.04. The molecular weight excluding hydrogens is 406 g/mol. The molecular formula is C24H23N5OS. The van der Waals surface area contributed by atoms with Crippen molar-refractivity contribution in [2.24, 2.45) is 0 Å². The Balaban J connectivity index is 1.58. The highest BCUT2D eigenvalue weighted by atomic mass is 32.2. The molecule has 0 saturated carbocycles. The topological polar surface area (TPSA) is 72.7 Å². The van der Waals surface area contributed by atoms with Crippen LogP contribution < -0.4 is 5.32 Å². The van der Waals surface area contributed by atoms with Crippen molar-refractivity contribution in [3.05, 3.63) is 90.3 Å². The molecule has 0 fully saturated rings. The van der Waals surface area contributed by atoms with Gasteiger partial charge in [0.1, 0.15) is 0 Å². The molecule has 4 aromatic rings. The van der Waals surface area contributed by atoms with Crippen LogP contribution in [0, 0.1) is 6.92 Å². The van der Waals surface area contributed by atoms with Gasteiger partial charge < -0.3 is 5.32 Å². The molecule has 0 bridgehead atoms. The Bertz CT molecular complexity index is 1160. The predicted octanol–water partition coefficient (Wildman–Crippen LogP) is 4.82. The third kappa shape index (κ3) is 5.19. The van der Waals surface area contributed by atoms with Crippen molar-refractivity contribution in [2.75, 3.05) is 5.32 Å². The molecule has 0 radical (unpaired) electrons. The molecule has 0 spiro atoms. The van der Waals surface area contributed by atoms with Crippen molar-refractivity contribution >= 4 is 23.4 Å². The highest BCUT2D eigenvalue weighted by molar-refractivity contribution is 8.00. The van der Waals surface area contributed by atoms with Crippen molar-refractivity contribution in [1.82, 2.24) is 19.7 Å².